The smallest absolute Gasteiger partial charge is 0.0421 e. The van der Waals surface area contributed by atoms with Crippen LogP contribution in [-0.4, -0.2) is 10.5 Å². The lowest BCUT2D eigenvalue weighted by Gasteiger charge is -2.31. The monoisotopic (exact) mass is 260 g/mol. The van der Waals surface area contributed by atoms with E-state index in [4.69, 9.17) is 5.73 Å². The van der Waals surface area contributed by atoms with Crippen molar-refractivity contribution in [2.45, 2.75) is 64.8 Å². The first-order chi connectivity index (χ1) is 8.89. The summed E-state index contributed by atoms with van der Waals surface area (Å²) in [5.41, 5.74) is 8.16. The fraction of sp³-hybridized carbons (Fsp3) is 0.706. The van der Waals surface area contributed by atoms with Crippen molar-refractivity contribution < 1.29 is 0 Å². The first-order valence-corrected chi connectivity index (χ1v) is 7.58. The minimum Gasteiger partial charge on any atom is -0.325 e. The Balaban J connectivity index is 2.01. The van der Waals surface area contributed by atoms with E-state index in [9.17, 15) is 0 Å². The Bertz CT molecular complexity index is 393. The van der Waals surface area contributed by atoms with E-state index >= 15 is 0 Å². The van der Waals surface area contributed by atoms with E-state index in [2.05, 4.69) is 37.9 Å². The van der Waals surface area contributed by atoms with Crippen LogP contribution in [0.1, 0.15) is 58.6 Å². The second kappa shape index (κ2) is 5.62. The van der Waals surface area contributed by atoms with Crippen LogP contribution in [0.15, 0.2) is 24.4 Å². The number of hydrogen-bond donors (Lipinski definition) is 1. The molecule has 2 N–H and O–H groups in total. The van der Waals surface area contributed by atoms with Crippen molar-refractivity contribution in [2.75, 3.05) is 0 Å². The number of nitrogens with two attached hydrogens (primary N) is 1. The van der Waals surface area contributed by atoms with E-state index in [-0.39, 0.29) is 5.54 Å². The topological polar surface area (TPSA) is 38.9 Å². The molecule has 0 saturated heterocycles. The van der Waals surface area contributed by atoms with Crippen LogP contribution in [-0.2, 0) is 6.42 Å². The second-order valence-corrected chi connectivity index (χ2v) is 7.35. The first kappa shape index (κ1) is 14.5. The van der Waals surface area contributed by atoms with Gasteiger partial charge in [-0.3, -0.25) is 4.98 Å². The van der Waals surface area contributed by atoms with Crippen LogP contribution >= 0.6 is 0 Å². The number of nitrogens with zero attached hydrogens (tertiary/aromatic N) is 1. The zero-order valence-corrected chi connectivity index (χ0v) is 12.7. The highest BCUT2D eigenvalue weighted by molar-refractivity contribution is 5.08. The van der Waals surface area contributed by atoms with E-state index in [1.54, 1.807) is 0 Å². The van der Waals surface area contributed by atoms with Gasteiger partial charge in [0.1, 0.15) is 0 Å². The van der Waals surface area contributed by atoms with Crippen molar-refractivity contribution in [3.63, 3.8) is 0 Å². The Morgan fingerprint density at radius 2 is 2.05 bits per heavy atom. The molecule has 2 nitrogen and oxygen atoms in total. The normalized spacial score (nSPS) is 28.9. The zero-order valence-electron chi connectivity index (χ0n) is 12.7. The summed E-state index contributed by atoms with van der Waals surface area (Å²) in [7, 11) is 0. The Hall–Kier alpha value is -0.890. The number of aromatic nitrogens is 1. The Kier molecular flexibility index (Phi) is 4.29. The van der Waals surface area contributed by atoms with Crippen molar-refractivity contribution in [1.82, 2.24) is 4.98 Å². The predicted octanol–water partition coefficient (Wildman–Crippen LogP) is 3.95. The van der Waals surface area contributed by atoms with Crippen LogP contribution in [0.4, 0.5) is 0 Å². The van der Waals surface area contributed by atoms with Crippen molar-refractivity contribution in [2.24, 2.45) is 17.1 Å². The Morgan fingerprint density at radius 3 is 2.68 bits per heavy atom. The van der Waals surface area contributed by atoms with E-state index < -0.39 is 0 Å². The molecule has 1 aliphatic rings. The van der Waals surface area contributed by atoms with Crippen molar-refractivity contribution in [3.8, 4) is 0 Å². The van der Waals surface area contributed by atoms with Crippen LogP contribution in [0.5, 0.6) is 0 Å². The molecule has 1 aromatic rings. The summed E-state index contributed by atoms with van der Waals surface area (Å²) in [6, 6.07) is 6.12. The third kappa shape index (κ3) is 4.04. The molecular weight excluding hydrogens is 232 g/mol. The minimum absolute atomic E-state index is 0.0473. The van der Waals surface area contributed by atoms with Crippen molar-refractivity contribution in [1.29, 1.82) is 0 Å². The highest BCUT2D eigenvalue weighted by atomic mass is 14.8. The molecule has 0 bridgehead atoms. The highest BCUT2D eigenvalue weighted by Crippen LogP contribution is 2.39. The summed E-state index contributed by atoms with van der Waals surface area (Å²) in [5.74, 6) is 0.807. The molecule has 2 atom stereocenters. The standard InChI is InChI=1S/C17H28N2/c1-16(2,3)14-7-6-10-17(18,11-9-14)13-15-8-4-5-12-19-15/h4-5,8,12,14H,6-7,9-11,13,18H2,1-3H3. The van der Waals surface area contributed by atoms with Crippen LogP contribution in [0.2, 0.25) is 0 Å². The van der Waals surface area contributed by atoms with Gasteiger partial charge in [-0.2, -0.15) is 0 Å². The van der Waals surface area contributed by atoms with Gasteiger partial charge in [-0.25, -0.2) is 0 Å². The van der Waals surface area contributed by atoms with Gasteiger partial charge in [0, 0.05) is 23.9 Å². The van der Waals surface area contributed by atoms with E-state index in [1.807, 2.05) is 12.3 Å². The predicted molar refractivity (Wildman–Crippen MR) is 80.9 cm³/mol. The average molecular weight is 260 g/mol. The maximum absolute atomic E-state index is 6.66. The molecule has 0 aliphatic heterocycles. The lowest BCUT2D eigenvalue weighted by molar-refractivity contribution is 0.210. The molecule has 2 rings (SSSR count). The molecule has 0 amide bonds. The van der Waals surface area contributed by atoms with Gasteiger partial charge in [-0.1, -0.05) is 33.3 Å². The van der Waals surface area contributed by atoms with E-state index in [1.165, 1.54) is 19.3 Å². The molecule has 0 radical (unpaired) electrons. The van der Waals surface area contributed by atoms with Crippen molar-refractivity contribution >= 4 is 0 Å². The molecule has 1 fully saturated rings. The molecular formula is C17H28N2. The average Bonchev–Trinajstić information content (AvgIpc) is 2.52. The van der Waals surface area contributed by atoms with E-state index in [0.717, 1.165) is 30.9 Å². The van der Waals surface area contributed by atoms with Gasteiger partial charge < -0.3 is 5.73 Å². The minimum atomic E-state index is -0.0473. The fourth-order valence-electron chi connectivity index (χ4n) is 3.34. The summed E-state index contributed by atoms with van der Waals surface area (Å²) in [5, 5.41) is 0. The second-order valence-electron chi connectivity index (χ2n) is 7.35. The van der Waals surface area contributed by atoms with Gasteiger partial charge in [-0.15, -0.1) is 0 Å². The van der Waals surface area contributed by atoms with Crippen molar-refractivity contribution in [3.05, 3.63) is 30.1 Å². The Morgan fingerprint density at radius 1 is 1.26 bits per heavy atom. The number of rotatable bonds is 2. The van der Waals surface area contributed by atoms with Gasteiger partial charge >= 0.3 is 0 Å². The molecule has 106 valence electrons. The SMILES string of the molecule is CC(C)(C)C1CCCC(N)(Cc2ccccn2)CC1. The maximum Gasteiger partial charge on any atom is 0.0421 e. The molecule has 1 saturated carbocycles. The van der Waals surface area contributed by atoms with Crippen LogP contribution in [0.3, 0.4) is 0 Å². The molecule has 19 heavy (non-hydrogen) atoms. The quantitative estimate of drug-likeness (QED) is 0.818. The van der Waals surface area contributed by atoms with Crippen LogP contribution < -0.4 is 5.73 Å². The fourth-order valence-corrected chi connectivity index (χ4v) is 3.34. The summed E-state index contributed by atoms with van der Waals surface area (Å²) < 4.78 is 0. The molecule has 1 aromatic heterocycles. The van der Waals surface area contributed by atoms with Crippen LogP contribution in [0.25, 0.3) is 0 Å². The van der Waals surface area contributed by atoms with Gasteiger partial charge in [0.15, 0.2) is 0 Å². The molecule has 2 heteroatoms. The number of pyridine rings is 1. The van der Waals surface area contributed by atoms with Gasteiger partial charge in [0.25, 0.3) is 0 Å². The first-order valence-electron chi connectivity index (χ1n) is 7.58. The maximum atomic E-state index is 6.66. The zero-order chi connectivity index (χ0) is 13.9. The molecule has 0 spiro atoms. The number of hydrogen-bond acceptors (Lipinski definition) is 2. The lowest BCUT2D eigenvalue weighted by Crippen LogP contribution is -2.42. The largest absolute Gasteiger partial charge is 0.325 e. The molecule has 1 heterocycles. The van der Waals surface area contributed by atoms with Gasteiger partial charge in [-0.05, 0) is 49.1 Å². The summed E-state index contributed by atoms with van der Waals surface area (Å²) >= 11 is 0. The third-order valence-corrected chi connectivity index (χ3v) is 4.70. The highest BCUT2D eigenvalue weighted by Gasteiger charge is 2.33. The molecule has 1 aliphatic carbocycles. The summed E-state index contributed by atoms with van der Waals surface area (Å²) in [6.45, 7) is 7.08. The molecule has 0 aromatic carbocycles. The molecule has 2 unspecified atom stereocenters. The van der Waals surface area contributed by atoms with Gasteiger partial charge in [0.05, 0.1) is 0 Å². The third-order valence-electron chi connectivity index (χ3n) is 4.70. The Labute approximate surface area is 117 Å². The summed E-state index contributed by atoms with van der Waals surface area (Å²) in [4.78, 5) is 4.44. The lowest BCUT2D eigenvalue weighted by atomic mass is 9.76. The van der Waals surface area contributed by atoms with Crippen LogP contribution in [0, 0.1) is 11.3 Å². The van der Waals surface area contributed by atoms with E-state index in [0.29, 0.717) is 5.41 Å². The van der Waals surface area contributed by atoms with Gasteiger partial charge in [0.2, 0.25) is 0 Å². The summed E-state index contributed by atoms with van der Waals surface area (Å²) in [6.07, 6.45) is 8.89.